The van der Waals surface area contributed by atoms with Crippen molar-refractivity contribution < 1.29 is 19.4 Å². The minimum absolute atomic E-state index is 0.121. The van der Waals surface area contributed by atoms with Gasteiger partial charge in [0, 0.05) is 12.0 Å². The normalized spacial score (nSPS) is 21.3. The van der Waals surface area contributed by atoms with Crippen LogP contribution in [0.1, 0.15) is 84.0 Å². The van der Waals surface area contributed by atoms with Crippen LogP contribution in [0.3, 0.4) is 0 Å². The molecule has 148 valence electrons. The summed E-state index contributed by atoms with van der Waals surface area (Å²) in [5.41, 5.74) is -0.797. The summed E-state index contributed by atoms with van der Waals surface area (Å²) >= 11 is 6.00. The van der Waals surface area contributed by atoms with Crippen LogP contribution in [0.5, 0.6) is 0 Å². The van der Waals surface area contributed by atoms with Crippen molar-refractivity contribution in [2.24, 2.45) is 0 Å². The van der Waals surface area contributed by atoms with Crippen molar-refractivity contribution in [2.45, 2.75) is 89.6 Å². The van der Waals surface area contributed by atoms with Gasteiger partial charge in [-0.05, 0) is 38.2 Å². The second-order valence-electron chi connectivity index (χ2n) is 7.06. The van der Waals surface area contributed by atoms with Gasteiger partial charge >= 0.3 is 5.97 Å². The van der Waals surface area contributed by atoms with Crippen LogP contribution in [0, 0.1) is 0 Å². The Morgan fingerprint density at radius 3 is 2.50 bits per heavy atom. The first kappa shape index (κ1) is 22.9. The van der Waals surface area contributed by atoms with Crippen molar-refractivity contribution in [1.82, 2.24) is 0 Å². The Morgan fingerprint density at radius 2 is 1.81 bits per heavy atom. The minimum Gasteiger partial charge on any atom is -0.469 e. The molecular formula is C21H33ClO4. The molecule has 26 heavy (non-hydrogen) atoms. The third-order valence-corrected chi connectivity index (χ3v) is 5.15. The summed E-state index contributed by atoms with van der Waals surface area (Å²) in [5.74, 6) is -0.451. The molecule has 0 saturated heterocycles. The average Bonchev–Trinajstić information content (AvgIpc) is 2.83. The third kappa shape index (κ3) is 7.63. The zero-order valence-corrected chi connectivity index (χ0v) is 16.9. The molecule has 1 aliphatic rings. The lowest BCUT2D eigenvalue weighted by Crippen LogP contribution is -2.27. The molecule has 1 N–H and O–H groups in total. The molecule has 0 spiro atoms. The fourth-order valence-electron chi connectivity index (χ4n) is 3.27. The molecule has 0 heterocycles. The van der Waals surface area contributed by atoms with Gasteiger partial charge in [0.1, 0.15) is 5.60 Å². The van der Waals surface area contributed by atoms with Crippen LogP contribution in [-0.4, -0.2) is 29.6 Å². The molecule has 0 aromatic carbocycles. The lowest BCUT2D eigenvalue weighted by atomic mass is 9.89. The first-order valence-electron chi connectivity index (χ1n) is 9.87. The Labute approximate surface area is 162 Å². The monoisotopic (exact) mass is 384 g/mol. The van der Waals surface area contributed by atoms with Gasteiger partial charge in [-0.3, -0.25) is 9.59 Å². The van der Waals surface area contributed by atoms with Gasteiger partial charge in [0.15, 0.2) is 0 Å². The quantitative estimate of drug-likeness (QED) is 0.268. The molecular weight excluding hydrogens is 352 g/mol. The van der Waals surface area contributed by atoms with Gasteiger partial charge in [-0.2, -0.15) is 0 Å². The number of hydrogen-bond donors (Lipinski definition) is 1. The second kappa shape index (κ2) is 12.3. The molecule has 1 unspecified atom stereocenters. The molecule has 0 radical (unpaired) electrons. The van der Waals surface area contributed by atoms with Crippen molar-refractivity contribution in [3.05, 3.63) is 22.8 Å². The Hall–Kier alpha value is -1.13. The molecule has 4 nitrogen and oxygen atoms in total. The predicted octanol–water partition coefficient (Wildman–Crippen LogP) is 5.22. The van der Waals surface area contributed by atoms with Crippen LogP contribution in [0.25, 0.3) is 0 Å². The number of esters is 1. The lowest BCUT2D eigenvalue weighted by molar-refractivity contribution is -0.140. The number of unbranched alkanes of at least 4 members (excludes halogenated alkanes) is 8. The van der Waals surface area contributed by atoms with Gasteiger partial charge in [-0.25, -0.2) is 0 Å². The highest BCUT2D eigenvalue weighted by Gasteiger charge is 2.40. The highest BCUT2D eigenvalue weighted by molar-refractivity contribution is 6.46. The average molecular weight is 385 g/mol. The van der Waals surface area contributed by atoms with Crippen LogP contribution in [0.15, 0.2) is 22.8 Å². The second-order valence-corrected chi connectivity index (χ2v) is 7.46. The summed E-state index contributed by atoms with van der Waals surface area (Å²) in [6.07, 6.45) is 14.3. The number of allylic oxidation sites excluding steroid dienone is 2. The molecule has 5 heteroatoms. The number of carbonyl (C=O) groups excluding carboxylic acids is 2. The Morgan fingerprint density at radius 1 is 1.15 bits per heavy atom. The summed E-state index contributed by atoms with van der Waals surface area (Å²) in [4.78, 5) is 23.3. The molecule has 0 aromatic rings. The first-order valence-corrected chi connectivity index (χ1v) is 10.2. The van der Waals surface area contributed by atoms with Crippen molar-refractivity contribution >= 4 is 23.4 Å². The number of halogens is 1. The topological polar surface area (TPSA) is 63.6 Å². The van der Waals surface area contributed by atoms with Gasteiger partial charge in [-0.15, -0.1) is 0 Å². The molecule has 0 amide bonds. The maximum Gasteiger partial charge on any atom is 0.305 e. The molecule has 0 aromatic heterocycles. The first-order chi connectivity index (χ1) is 12.4. The van der Waals surface area contributed by atoms with Crippen LogP contribution in [0.2, 0.25) is 0 Å². The SMILES string of the molecule is CCCCCCCCC1(O)C=C(Cl)C(=O)C1=CCCCCCC(=O)OC. The smallest absolute Gasteiger partial charge is 0.305 e. The zero-order chi connectivity index (χ0) is 19.4. The van der Waals surface area contributed by atoms with Gasteiger partial charge in [-0.1, -0.05) is 63.1 Å². The summed E-state index contributed by atoms with van der Waals surface area (Å²) < 4.78 is 4.61. The van der Waals surface area contributed by atoms with E-state index in [-0.39, 0.29) is 16.8 Å². The fourth-order valence-corrected chi connectivity index (χ4v) is 3.55. The Bertz CT molecular complexity index is 524. The van der Waals surface area contributed by atoms with Crippen molar-refractivity contribution in [3.8, 4) is 0 Å². The lowest BCUT2D eigenvalue weighted by Gasteiger charge is -2.22. The van der Waals surface area contributed by atoms with E-state index in [2.05, 4.69) is 11.7 Å². The molecule has 1 aliphatic carbocycles. The molecule has 0 bridgehead atoms. The van der Waals surface area contributed by atoms with E-state index in [1.165, 1.54) is 32.4 Å². The standard InChI is InChI=1S/C21H33ClO4/c1-3-4-5-6-9-12-15-21(25)16-18(22)20(24)17(21)13-10-7-8-11-14-19(23)26-2/h13,16,25H,3-12,14-15H2,1-2H3. The van der Waals surface area contributed by atoms with E-state index in [0.717, 1.165) is 38.5 Å². The van der Waals surface area contributed by atoms with Crippen molar-refractivity contribution in [1.29, 1.82) is 0 Å². The maximum absolute atomic E-state index is 12.3. The van der Waals surface area contributed by atoms with Crippen molar-refractivity contribution in [2.75, 3.05) is 7.11 Å². The van der Waals surface area contributed by atoms with E-state index in [4.69, 9.17) is 11.6 Å². The van der Waals surface area contributed by atoms with E-state index < -0.39 is 5.60 Å². The number of hydrogen-bond acceptors (Lipinski definition) is 4. The Balaban J connectivity index is 2.44. The number of ketones is 1. The summed E-state index contributed by atoms with van der Waals surface area (Å²) in [7, 11) is 1.39. The van der Waals surface area contributed by atoms with Gasteiger partial charge in [0.2, 0.25) is 5.78 Å². The van der Waals surface area contributed by atoms with E-state index in [1.54, 1.807) is 0 Å². The van der Waals surface area contributed by atoms with Crippen LogP contribution in [-0.2, 0) is 14.3 Å². The molecule has 1 rings (SSSR count). The van der Waals surface area contributed by atoms with E-state index in [0.29, 0.717) is 24.8 Å². The zero-order valence-electron chi connectivity index (χ0n) is 16.2. The number of rotatable bonds is 13. The van der Waals surface area contributed by atoms with Crippen LogP contribution < -0.4 is 0 Å². The summed E-state index contributed by atoms with van der Waals surface area (Å²) in [6.45, 7) is 2.19. The number of aliphatic hydroxyl groups is 1. The highest BCUT2D eigenvalue weighted by atomic mass is 35.5. The van der Waals surface area contributed by atoms with Gasteiger partial charge in [0.05, 0.1) is 12.1 Å². The molecule has 0 fully saturated rings. The predicted molar refractivity (Wildman–Crippen MR) is 105 cm³/mol. The number of carbonyl (C=O) groups is 2. The van der Waals surface area contributed by atoms with E-state index >= 15 is 0 Å². The largest absolute Gasteiger partial charge is 0.469 e. The highest BCUT2D eigenvalue weighted by Crippen LogP contribution is 2.37. The Kier molecular flexibility index (Phi) is 10.8. The molecule has 0 saturated carbocycles. The number of ether oxygens (including phenoxy) is 1. The number of methoxy groups -OCH3 is 1. The summed E-state index contributed by atoms with van der Waals surface area (Å²) in [6, 6.07) is 0. The maximum atomic E-state index is 12.3. The van der Waals surface area contributed by atoms with Gasteiger partial charge in [0.25, 0.3) is 0 Å². The number of Topliss-reactive ketones (excluding diaryl/α,β-unsaturated/α-hetero) is 1. The van der Waals surface area contributed by atoms with E-state index in [9.17, 15) is 14.7 Å². The van der Waals surface area contributed by atoms with E-state index in [1.807, 2.05) is 6.08 Å². The molecule has 0 aliphatic heterocycles. The van der Waals surface area contributed by atoms with Crippen molar-refractivity contribution in [3.63, 3.8) is 0 Å². The molecule has 1 atom stereocenters. The van der Waals surface area contributed by atoms with Crippen LogP contribution in [0.4, 0.5) is 0 Å². The van der Waals surface area contributed by atoms with Gasteiger partial charge < -0.3 is 9.84 Å². The summed E-state index contributed by atoms with van der Waals surface area (Å²) in [5, 5.41) is 11.0. The fraction of sp³-hybridized carbons (Fsp3) is 0.714. The third-order valence-electron chi connectivity index (χ3n) is 4.87. The van der Waals surface area contributed by atoms with Crippen LogP contribution >= 0.6 is 11.6 Å². The minimum atomic E-state index is -1.22.